The predicted octanol–water partition coefficient (Wildman–Crippen LogP) is 4.91. The van der Waals surface area contributed by atoms with Crippen LogP contribution >= 0.6 is 11.6 Å². The quantitative estimate of drug-likeness (QED) is 0.765. The summed E-state index contributed by atoms with van der Waals surface area (Å²) in [5, 5.41) is 11.3. The standard InChI is InChI=1S/C21H20ClNO3/c1-13(24)18-19(25)17-10-9-16(14-5-7-15(22)8-6-14)23(17)21(20(18)26)11-3-2-4-12-21/h5-10,25H,2-4,11-12H2,1H3. The highest BCUT2D eigenvalue weighted by molar-refractivity contribution is 6.30. The third-order valence-electron chi connectivity index (χ3n) is 5.61. The lowest BCUT2D eigenvalue weighted by atomic mass is 9.73. The van der Waals surface area contributed by atoms with E-state index in [2.05, 4.69) is 0 Å². The molecule has 0 saturated heterocycles. The van der Waals surface area contributed by atoms with Crippen molar-refractivity contribution in [1.82, 2.24) is 4.57 Å². The van der Waals surface area contributed by atoms with E-state index >= 15 is 0 Å². The summed E-state index contributed by atoms with van der Waals surface area (Å²) in [6.07, 6.45) is 4.29. The number of hydrogen-bond donors (Lipinski definition) is 1. The Morgan fingerprint density at radius 3 is 2.27 bits per heavy atom. The molecule has 1 N–H and O–H groups in total. The number of carbonyl (C=O) groups is 2. The fraction of sp³-hybridized carbons (Fsp3) is 0.333. The molecule has 0 unspecified atom stereocenters. The van der Waals surface area contributed by atoms with Gasteiger partial charge in [-0.3, -0.25) is 9.59 Å². The molecule has 4 nitrogen and oxygen atoms in total. The van der Waals surface area contributed by atoms with Crippen molar-refractivity contribution < 1.29 is 14.7 Å². The highest BCUT2D eigenvalue weighted by atomic mass is 35.5. The van der Waals surface area contributed by atoms with Gasteiger partial charge in [0.25, 0.3) is 0 Å². The van der Waals surface area contributed by atoms with Crippen LogP contribution < -0.4 is 0 Å². The van der Waals surface area contributed by atoms with Crippen LogP contribution in [0.15, 0.2) is 42.0 Å². The molecule has 1 aliphatic heterocycles. The van der Waals surface area contributed by atoms with Crippen LogP contribution in [0.4, 0.5) is 0 Å². The zero-order chi connectivity index (χ0) is 18.5. The number of rotatable bonds is 2. The number of aliphatic hydroxyl groups excluding tert-OH is 1. The molecule has 1 aromatic carbocycles. The first kappa shape index (κ1) is 17.1. The summed E-state index contributed by atoms with van der Waals surface area (Å²) in [5.74, 6) is -0.835. The molecule has 5 heteroatoms. The highest BCUT2D eigenvalue weighted by Crippen LogP contribution is 2.46. The molecule has 0 radical (unpaired) electrons. The van der Waals surface area contributed by atoms with Gasteiger partial charge in [0.1, 0.15) is 11.1 Å². The normalized spacial score (nSPS) is 18.9. The number of carbonyl (C=O) groups excluding carboxylic acids is 2. The number of aliphatic hydroxyl groups is 1. The minimum atomic E-state index is -0.792. The van der Waals surface area contributed by atoms with Gasteiger partial charge in [0, 0.05) is 10.7 Å². The minimum absolute atomic E-state index is 0.0554. The number of hydrogen-bond acceptors (Lipinski definition) is 3. The van der Waals surface area contributed by atoms with Gasteiger partial charge in [0.15, 0.2) is 17.3 Å². The van der Waals surface area contributed by atoms with Crippen molar-refractivity contribution in [2.24, 2.45) is 0 Å². The van der Waals surface area contributed by atoms with Gasteiger partial charge in [-0.05, 0) is 49.6 Å². The summed E-state index contributed by atoms with van der Waals surface area (Å²) >= 11 is 6.01. The van der Waals surface area contributed by atoms with E-state index in [9.17, 15) is 14.7 Å². The molecule has 0 amide bonds. The summed E-state index contributed by atoms with van der Waals surface area (Å²) in [7, 11) is 0. The monoisotopic (exact) mass is 369 g/mol. The number of fused-ring (bicyclic) bond motifs is 2. The Morgan fingerprint density at radius 1 is 1.04 bits per heavy atom. The second-order valence-electron chi connectivity index (χ2n) is 7.15. The van der Waals surface area contributed by atoms with Crippen LogP contribution in [0.2, 0.25) is 5.02 Å². The predicted molar refractivity (Wildman–Crippen MR) is 101 cm³/mol. The Bertz CT molecular complexity index is 931. The van der Waals surface area contributed by atoms with Gasteiger partial charge < -0.3 is 9.67 Å². The van der Waals surface area contributed by atoms with Crippen molar-refractivity contribution in [2.75, 3.05) is 0 Å². The average molecular weight is 370 g/mol. The zero-order valence-electron chi connectivity index (χ0n) is 14.6. The number of benzene rings is 1. The van der Waals surface area contributed by atoms with Gasteiger partial charge in [0.2, 0.25) is 0 Å². The Kier molecular flexibility index (Phi) is 4.03. The van der Waals surface area contributed by atoms with Crippen molar-refractivity contribution in [3.63, 3.8) is 0 Å². The third kappa shape index (κ3) is 2.36. The van der Waals surface area contributed by atoms with Gasteiger partial charge in [-0.1, -0.05) is 43.0 Å². The molecule has 134 valence electrons. The molecule has 1 aliphatic carbocycles. The van der Waals surface area contributed by atoms with Crippen LogP contribution in [0.1, 0.15) is 44.7 Å². The molecule has 2 aliphatic rings. The van der Waals surface area contributed by atoms with Gasteiger partial charge in [-0.2, -0.15) is 0 Å². The van der Waals surface area contributed by atoms with Crippen molar-refractivity contribution in [3.05, 3.63) is 52.7 Å². The molecule has 1 saturated carbocycles. The van der Waals surface area contributed by atoms with Crippen LogP contribution in [-0.2, 0) is 15.1 Å². The molecule has 1 aromatic heterocycles. The summed E-state index contributed by atoms with van der Waals surface area (Å²) in [6, 6.07) is 11.1. The molecule has 1 fully saturated rings. The first-order chi connectivity index (χ1) is 12.5. The Morgan fingerprint density at radius 2 is 1.65 bits per heavy atom. The number of aromatic nitrogens is 1. The molecule has 26 heavy (non-hydrogen) atoms. The first-order valence-corrected chi connectivity index (χ1v) is 9.31. The molecule has 2 heterocycles. The van der Waals surface area contributed by atoms with Crippen molar-refractivity contribution >= 4 is 28.9 Å². The van der Waals surface area contributed by atoms with Crippen molar-refractivity contribution in [3.8, 4) is 11.3 Å². The first-order valence-electron chi connectivity index (χ1n) is 8.93. The number of ketones is 2. The van der Waals surface area contributed by atoms with Gasteiger partial charge in [0.05, 0.1) is 5.69 Å². The van der Waals surface area contributed by atoms with E-state index in [1.807, 2.05) is 34.9 Å². The SMILES string of the molecule is CC(=O)C1=C(O)c2ccc(-c3ccc(Cl)cc3)n2C2(CCCCC2)C1=O. The van der Waals surface area contributed by atoms with E-state index in [1.165, 1.54) is 6.92 Å². The molecular weight excluding hydrogens is 350 g/mol. The Hall–Kier alpha value is -2.33. The fourth-order valence-corrected chi connectivity index (χ4v) is 4.54. The molecule has 2 aromatic rings. The number of Topliss-reactive ketones (excluding diaryl/α,β-unsaturated/α-hetero) is 2. The van der Waals surface area contributed by atoms with Crippen LogP contribution in [0.3, 0.4) is 0 Å². The maximum Gasteiger partial charge on any atom is 0.196 e. The van der Waals surface area contributed by atoms with Crippen LogP contribution in [0, 0.1) is 0 Å². The summed E-state index contributed by atoms with van der Waals surface area (Å²) in [4.78, 5) is 25.5. The molecule has 1 spiro atoms. The number of allylic oxidation sites excluding steroid dienone is 1. The lowest BCUT2D eigenvalue weighted by Gasteiger charge is -2.42. The van der Waals surface area contributed by atoms with Gasteiger partial charge in [-0.25, -0.2) is 0 Å². The topological polar surface area (TPSA) is 59.3 Å². The van der Waals surface area contributed by atoms with Gasteiger partial charge >= 0.3 is 0 Å². The molecule has 4 rings (SSSR count). The lowest BCUT2D eigenvalue weighted by Crippen LogP contribution is -2.49. The highest BCUT2D eigenvalue weighted by Gasteiger charge is 2.49. The Balaban J connectivity index is 2.00. The van der Waals surface area contributed by atoms with E-state index < -0.39 is 5.54 Å². The second-order valence-corrected chi connectivity index (χ2v) is 7.58. The molecular formula is C21H20ClNO3. The Labute approximate surface area is 157 Å². The summed E-state index contributed by atoms with van der Waals surface area (Å²) in [6.45, 7) is 1.35. The zero-order valence-corrected chi connectivity index (χ0v) is 15.3. The molecule has 0 bridgehead atoms. The van der Waals surface area contributed by atoms with E-state index in [0.29, 0.717) is 23.6 Å². The minimum Gasteiger partial charge on any atom is -0.505 e. The van der Waals surface area contributed by atoms with E-state index in [4.69, 9.17) is 11.6 Å². The van der Waals surface area contributed by atoms with Gasteiger partial charge in [-0.15, -0.1) is 0 Å². The largest absolute Gasteiger partial charge is 0.505 e. The summed E-state index contributed by atoms with van der Waals surface area (Å²) < 4.78 is 1.96. The van der Waals surface area contributed by atoms with E-state index in [1.54, 1.807) is 6.07 Å². The second kappa shape index (κ2) is 6.13. The fourth-order valence-electron chi connectivity index (χ4n) is 4.41. The van der Waals surface area contributed by atoms with E-state index in [0.717, 1.165) is 30.5 Å². The number of nitrogens with zero attached hydrogens (tertiary/aromatic N) is 1. The van der Waals surface area contributed by atoms with Crippen LogP contribution in [-0.4, -0.2) is 21.2 Å². The molecule has 0 atom stereocenters. The maximum absolute atomic E-state index is 13.4. The van der Waals surface area contributed by atoms with Crippen molar-refractivity contribution in [2.45, 2.75) is 44.6 Å². The van der Waals surface area contributed by atoms with E-state index in [-0.39, 0.29) is 22.9 Å². The number of halogens is 1. The smallest absolute Gasteiger partial charge is 0.196 e. The maximum atomic E-state index is 13.4. The van der Waals surface area contributed by atoms with Crippen molar-refractivity contribution in [1.29, 1.82) is 0 Å². The summed E-state index contributed by atoms with van der Waals surface area (Å²) in [5.41, 5.74) is 1.49. The lowest BCUT2D eigenvalue weighted by molar-refractivity contribution is -0.128. The average Bonchev–Trinajstić information content (AvgIpc) is 3.08. The van der Waals surface area contributed by atoms with Crippen LogP contribution in [0.5, 0.6) is 0 Å². The van der Waals surface area contributed by atoms with Crippen LogP contribution in [0.25, 0.3) is 17.0 Å². The third-order valence-corrected chi connectivity index (χ3v) is 5.86.